The van der Waals surface area contributed by atoms with E-state index in [0.29, 0.717) is 30.5 Å². The van der Waals surface area contributed by atoms with Crippen LogP contribution in [0.2, 0.25) is 0 Å². The lowest BCUT2D eigenvalue weighted by Crippen LogP contribution is -2.55. The van der Waals surface area contributed by atoms with Crippen LogP contribution in [0.4, 0.5) is 17.6 Å². The highest BCUT2D eigenvalue weighted by atomic mass is 15.2. The Bertz CT molecular complexity index is 1410. The summed E-state index contributed by atoms with van der Waals surface area (Å²) in [5.41, 5.74) is 3.95. The van der Waals surface area contributed by atoms with E-state index in [4.69, 9.17) is 15.2 Å². The Balaban J connectivity index is 1.32. The Kier molecular flexibility index (Phi) is 6.41. The number of pyridine rings is 1. The van der Waals surface area contributed by atoms with Gasteiger partial charge in [0.1, 0.15) is 5.82 Å². The van der Waals surface area contributed by atoms with E-state index in [1.807, 2.05) is 25.3 Å². The molecule has 3 atom stereocenters. The van der Waals surface area contributed by atoms with E-state index in [1.54, 1.807) is 6.20 Å². The van der Waals surface area contributed by atoms with E-state index < -0.39 is 0 Å². The van der Waals surface area contributed by atoms with Gasteiger partial charge in [0, 0.05) is 66.2 Å². The summed E-state index contributed by atoms with van der Waals surface area (Å²) in [5, 5.41) is 24.4. The third-order valence-electron chi connectivity index (χ3n) is 7.59. The van der Waals surface area contributed by atoms with Crippen LogP contribution in [-0.2, 0) is 0 Å². The number of nitriles is 1. The molecule has 2 aliphatic rings. The number of nitrogens with zero attached hydrogens (tertiary/aromatic N) is 6. The fourth-order valence-corrected chi connectivity index (χ4v) is 5.93. The SMILES string of the molecule is Cc1cc(Nc2nc(N[C@@H]3C[C@H]4CCC[C@@H](C3)N4CCC#N)nc3cc(-c4cccnc4)ccc23)n[nH]1. The number of aryl methyl sites for hydroxylation is 1. The molecule has 2 fully saturated rings. The summed E-state index contributed by atoms with van der Waals surface area (Å²) in [7, 11) is 0. The van der Waals surface area contributed by atoms with E-state index in [1.165, 1.54) is 19.3 Å². The highest BCUT2D eigenvalue weighted by Crippen LogP contribution is 2.36. The first-order chi connectivity index (χ1) is 18.2. The molecule has 0 spiro atoms. The van der Waals surface area contributed by atoms with Crippen molar-refractivity contribution in [3.05, 3.63) is 54.5 Å². The molecule has 3 aromatic heterocycles. The van der Waals surface area contributed by atoms with Crippen LogP contribution in [0.15, 0.2) is 48.8 Å². The first-order valence-corrected chi connectivity index (χ1v) is 13.1. The van der Waals surface area contributed by atoms with Crippen molar-refractivity contribution in [1.29, 1.82) is 5.26 Å². The van der Waals surface area contributed by atoms with Gasteiger partial charge in [-0.25, -0.2) is 4.98 Å². The van der Waals surface area contributed by atoms with Crippen molar-refractivity contribution in [1.82, 2.24) is 30.0 Å². The Labute approximate surface area is 216 Å². The maximum absolute atomic E-state index is 9.10. The molecule has 2 bridgehead atoms. The summed E-state index contributed by atoms with van der Waals surface area (Å²) in [4.78, 5) is 16.7. The number of hydrogen-bond donors (Lipinski definition) is 3. The molecule has 6 rings (SSSR count). The lowest BCUT2D eigenvalue weighted by Gasteiger charge is -2.48. The van der Waals surface area contributed by atoms with E-state index in [-0.39, 0.29) is 0 Å². The highest BCUT2D eigenvalue weighted by Gasteiger charge is 2.38. The molecule has 0 radical (unpaired) electrons. The van der Waals surface area contributed by atoms with Crippen LogP contribution in [-0.4, -0.2) is 54.7 Å². The molecule has 4 aromatic rings. The maximum Gasteiger partial charge on any atom is 0.225 e. The van der Waals surface area contributed by atoms with Gasteiger partial charge in [-0.1, -0.05) is 18.6 Å². The summed E-state index contributed by atoms with van der Waals surface area (Å²) in [5.74, 6) is 2.07. The van der Waals surface area contributed by atoms with E-state index >= 15 is 0 Å². The Morgan fingerprint density at radius 2 is 1.97 bits per heavy atom. The van der Waals surface area contributed by atoms with Gasteiger partial charge in [-0.15, -0.1) is 0 Å². The Hall–Kier alpha value is -4.03. The molecule has 3 N–H and O–H groups in total. The van der Waals surface area contributed by atoms with Gasteiger partial charge >= 0.3 is 0 Å². The second-order valence-electron chi connectivity index (χ2n) is 10.1. The van der Waals surface area contributed by atoms with Crippen LogP contribution in [0.5, 0.6) is 0 Å². The van der Waals surface area contributed by atoms with Crippen LogP contribution in [0.3, 0.4) is 0 Å². The van der Waals surface area contributed by atoms with E-state index in [0.717, 1.165) is 58.7 Å². The molecule has 2 saturated heterocycles. The van der Waals surface area contributed by atoms with Gasteiger partial charge in [0.15, 0.2) is 5.82 Å². The Morgan fingerprint density at radius 1 is 1.11 bits per heavy atom. The van der Waals surface area contributed by atoms with Crippen molar-refractivity contribution >= 4 is 28.5 Å². The second-order valence-corrected chi connectivity index (χ2v) is 10.1. The van der Waals surface area contributed by atoms with Crippen LogP contribution < -0.4 is 10.6 Å². The predicted molar refractivity (Wildman–Crippen MR) is 144 cm³/mol. The molecule has 0 amide bonds. The van der Waals surface area contributed by atoms with Crippen LogP contribution >= 0.6 is 0 Å². The molecule has 0 saturated carbocycles. The molecular weight excluding hydrogens is 462 g/mol. The first-order valence-electron chi connectivity index (χ1n) is 13.1. The summed E-state index contributed by atoms with van der Waals surface area (Å²) in [6.45, 7) is 2.85. The van der Waals surface area contributed by atoms with E-state index in [2.05, 4.69) is 61.0 Å². The number of anilines is 3. The number of H-pyrrole nitrogens is 1. The maximum atomic E-state index is 9.10. The smallest absolute Gasteiger partial charge is 0.225 e. The number of fused-ring (bicyclic) bond motifs is 3. The van der Waals surface area contributed by atoms with Crippen LogP contribution in [0, 0.1) is 18.3 Å². The fraction of sp³-hybridized carbons (Fsp3) is 0.393. The molecule has 188 valence electrons. The minimum Gasteiger partial charge on any atom is -0.351 e. The third-order valence-corrected chi connectivity index (χ3v) is 7.59. The number of nitrogens with one attached hydrogen (secondary N) is 3. The van der Waals surface area contributed by atoms with Crippen molar-refractivity contribution < 1.29 is 0 Å². The highest BCUT2D eigenvalue weighted by molar-refractivity contribution is 5.94. The molecule has 5 heterocycles. The molecule has 9 heteroatoms. The van der Waals surface area contributed by atoms with Crippen molar-refractivity contribution in [2.24, 2.45) is 0 Å². The summed E-state index contributed by atoms with van der Waals surface area (Å²) in [6, 6.07) is 15.8. The van der Waals surface area contributed by atoms with Gasteiger partial charge in [-0.05, 0) is 56.4 Å². The second kappa shape index (κ2) is 10.1. The number of aromatic amines is 1. The average molecular weight is 494 g/mol. The predicted octanol–water partition coefficient (Wildman–Crippen LogP) is 5.18. The molecule has 0 aliphatic carbocycles. The number of rotatable bonds is 7. The quantitative estimate of drug-likeness (QED) is 0.322. The standard InChI is InChI=1S/C28H31N9/c1-18-13-26(36-35-18)33-27-24-9-8-19(20-5-3-11-30-17-20)14-25(24)32-28(34-27)31-21-15-22-6-2-7-23(16-21)37(22)12-4-10-29/h3,5,8-9,11,13-14,17,21-23H,2,4,6-7,12,15-16H2,1H3,(H3,31,32,33,34,35,36)/t21-,22-,23+. The zero-order valence-electron chi connectivity index (χ0n) is 21.0. The summed E-state index contributed by atoms with van der Waals surface area (Å²) < 4.78 is 0. The number of piperidine rings is 2. The molecule has 2 aliphatic heterocycles. The number of aromatic nitrogens is 5. The minimum absolute atomic E-state index is 0.299. The molecule has 1 aromatic carbocycles. The first kappa shape index (κ1) is 23.4. The van der Waals surface area contributed by atoms with Gasteiger partial charge in [0.2, 0.25) is 5.95 Å². The van der Waals surface area contributed by atoms with E-state index in [9.17, 15) is 0 Å². The van der Waals surface area contributed by atoms with Gasteiger partial charge in [0.25, 0.3) is 0 Å². The average Bonchev–Trinajstić information content (AvgIpc) is 3.32. The van der Waals surface area contributed by atoms with Gasteiger partial charge in [-0.2, -0.15) is 15.3 Å². The topological polar surface area (TPSA) is 118 Å². The third kappa shape index (κ3) is 4.98. The van der Waals surface area contributed by atoms with Gasteiger partial charge in [0.05, 0.1) is 11.6 Å². The molecular formula is C28H31N9. The van der Waals surface area contributed by atoms with Crippen LogP contribution in [0.25, 0.3) is 22.0 Å². The number of benzene rings is 1. The summed E-state index contributed by atoms with van der Waals surface area (Å²) >= 11 is 0. The fourth-order valence-electron chi connectivity index (χ4n) is 5.93. The molecule has 9 nitrogen and oxygen atoms in total. The lowest BCUT2D eigenvalue weighted by atomic mass is 9.81. The van der Waals surface area contributed by atoms with Crippen molar-refractivity contribution in [2.75, 3.05) is 17.2 Å². The molecule has 0 unspecified atom stereocenters. The van der Waals surface area contributed by atoms with Crippen LogP contribution in [0.1, 0.15) is 44.2 Å². The van der Waals surface area contributed by atoms with Crippen molar-refractivity contribution in [2.45, 2.75) is 63.6 Å². The number of hydrogen-bond acceptors (Lipinski definition) is 8. The monoisotopic (exact) mass is 493 g/mol. The zero-order valence-corrected chi connectivity index (χ0v) is 21.0. The minimum atomic E-state index is 0.299. The van der Waals surface area contributed by atoms with Gasteiger partial charge < -0.3 is 10.6 Å². The lowest BCUT2D eigenvalue weighted by molar-refractivity contribution is 0.0369. The largest absolute Gasteiger partial charge is 0.351 e. The zero-order chi connectivity index (χ0) is 25.2. The molecule has 37 heavy (non-hydrogen) atoms. The normalized spacial score (nSPS) is 21.5. The Morgan fingerprint density at radius 3 is 2.70 bits per heavy atom. The summed E-state index contributed by atoms with van der Waals surface area (Å²) in [6.07, 6.45) is 9.99. The van der Waals surface area contributed by atoms with Gasteiger partial charge in [-0.3, -0.25) is 15.0 Å². The van der Waals surface area contributed by atoms with Crippen molar-refractivity contribution in [3.8, 4) is 17.2 Å². The van der Waals surface area contributed by atoms with Crippen molar-refractivity contribution in [3.63, 3.8) is 0 Å².